The number of benzene rings is 1. The summed E-state index contributed by atoms with van der Waals surface area (Å²) in [5.41, 5.74) is 0.937. The zero-order valence-corrected chi connectivity index (χ0v) is 17.7. The monoisotopic (exact) mass is 439 g/mol. The van der Waals surface area contributed by atoms with Gasteiger partial charge in [-0.25, -0.2) is 19.2 Å². The highest BCUT2D eigenvalue weighted by Gasteiger charge is 2.15. The van der Waals surface area contributed by atoms with Crippen molar-refractivity contribution in [2.24, 2.45) is 14.1 Å². The molecular weight excluding hydrogens is 421 g/mol. The Morgan fingerprint density at radius 1 is 1.16 bits per heavy atom. The summed E-state index contributed by atoms with van der Waals surface area (Å²) in [5, 5.41) is 10.2. The lowest BCUT2D eigenvalue weighted by atomic mass is 10.1. The summed E-state index contributed by atoms with van der Waals surface area (Å²) >= 11 is 1.38. The topological polar surface area (TPSA) is 107 Å². The maximum Gasteiger partial charge on any atom is 0.324 e. The van der Waals surface area contributed by atoms with E-state index in [0.29, 0.717) is 33.1 Å². The summed E-state index contributed by atoms with van der Waals surface area (Å²) in [5.74, 6) is -0.184. The number of carbonyl (C=O) groups is 1. The summed E-state index contributed by atoms with van der Waals surface area (Å²) in [6.07, 6.45) is 5.02. The molecule has 0 aliphatic heterocycles. The van der Waals surface area contributed by atoms with Crippen LogP contribution in [0, 0.1) is 5.82 Å². The Hall–Kier alpha value is -3.73. The minimum atomic E-state index is -0.635. The number of halogens is 1. The van der Waals surface area contributed by atoms with Gasteiger partial charge < -0.3 is 5.32 Å². The number of carbonyl (C=O) groups excluding carboxylic acids is 1. The maximum absolute atomic E-state index is 14.4. The summed E-state index contributed by atoms with van der Waals surface area (Å²) < 4.78 is 17.3. The number of thioether (sulfide) groups is 1. The average molecular weight is 439 g/mol. The van der Waals surface area contributed by atoms with Gasteiger partial charge in [0.05, 0.1) is 11.9 Å². The van der Waals surface area contributed by atoms with Crippen LogP contribution in [0.3, 0.4) is 0 Å². The first-order valence-corrected chi connectivity index (χ1v) is 10.4. The Bertz CT molecular complexity index is 1370. The maximum atomic E-state index is 14.4. The second kappa shape index (κ2) is 8.19. The molecule has 1 aromatic carbocycles. The van der Waals surface area contributed by atoms with Crippen LogP contribution in [0.15, 0.2) is 52.7 Å². The van der Waals surface area contributed by atoms with Gasteiger partial charge in [0.15, 0.2) is 5.16 Å². The van der Waals surface area contributed by atoms with Crippen molar-refractivity contribution in [3.05, 3.63) is 58.9 Å². The highest BCUT2D eigenvalue weighted by molar-refractivity contribution is 7.98. The first-order chi connectivity index (χ1) is 14.9. The molecule has 0 saturated heterocycles. The molecule has 0 radical (unpaired) electrons. The van der Waals surface area contributed by atoms with E-state index in [2.05, 4.69) is 25.7 Å². The predicted molar refractivity (Wildman–Crippen MR) is 118 cm³/mol. The highest BCUT2D eigenvalue weighted by atomic mass is 32.2. The second-order valence-electron chi connectivity index (χ2n) is 6.67. The molecule has 0 aliphatic carbocycles. The van der Waals surface area contributed by atoms with Crippen molar-refractivity contribution in [1.82, 2.24) is 24.3 Å². The van der Waals surface area contributed by atoms with E-state index in [0.717, 1.165) is 0 Å². The Morgan fingerprint density at radius 2 is 1.97 bits per heavy atom. The van der Waals surface area contributed by atoms with E-state index < -0.39 is 11.8 Å². The number of hydrogen-bond acceptors (Lipinski definition) is 6. The largest absolute Gasteiger partial charge is 0.324 e. The fourth-order valence-corrected chi connectivity index (χ4v) is 3.43. The fraction of sp³-hybridized carbons (Fsp3) is 0.150. The average Bonchev–Trinajstić information content (AvgIpc) is 3.16. The molecule has 0 aliphatic rings. The summed E-state index contributed by atoms with van der Waals surface area (Å²) in [4.78, 5) is 33.9. The standard InChI is InChI=1S/C20H18FN7O2S/c1-27-17-12(10-22-20(26-17)31-3)8-13(18(27)29)11-4-5-14(21)15(9-11)24-19(30)25-16-6-7-23-28(16)2/h4-10H,1-3H3,(H2,24,25,30). The van der Waals surface area contributed by atoms with Crippen molar-refractivity contribution in [2.75, 3.05) is 16.9 Å². The van der Waals surface area contributed by atoms with Gasteiger partial charge in [0.1, 0.15) is 17.3 Å². The van der Waals surface area contributed by atoms with Gasteiger partial charge in [0.2, 0.25) is 0 Å². The number of hydrogen-bond donors (Lipinski definition) is 2. The summed E-state index contributed by atoms with van der Waals surface area (Å²) in [6.45, 7) is 0. The van der Waals surface area contributed by atoms with E-state index in [4.69, 9.17) is 0 Å². The zero-order chi connectivity index (χ0) is 22.1. The van der Waals surface area contributed by atoms with Crippen LogP contribution in [-0.4, -0.2) is 36.6 Å². The number of amides is 2. The molecule has 4 aromatic rings. The number of aryl methyl sites for hydroxylation is 2. The van der Waals surface area contributed by atoms with E-state index in [9.17, 15) is 14.0 Å². The second-order valence-corrected chi connectivity index (χ2v) is 7.45. The molecule has 4 rings (SSSR count). The molecule has 2 N–H and O–H groups in total. The first-order valence-electron chi connectivity index (χ1n) is 9.14. The zero-order valence-electron chi connectivity index (χ0n) is 16.9. The van der Waals surface area contributed by atoms with Crippen LogP contribution in [0.5, 0.6) is 0 Å². The third kappa shape index (κ3) is 3.99. The lowest BCUT2D eigenvalue weighted by Gasteiger charge is -2.12. The number of aromatic nitrogens is 5. The SMILES string of the molecule is CSc1ncc2cc(-c3ccc(F)c(NC(=O)Nc4ccnn4C)c3)c(=O)n(C)c2n1. The van der Waals surface area contributed by atoms with Gasteiger partial charge in [-0.1, -0.05) is 17.8 Å². The minimum Gasteiger partial charge on any atom is -0.305 e. The van der Waals surface area contributed by atoms with Crippen LogP contribution in [0.25, 0.3) is 22.2 Å². The van der Waals surface area contributed by atoms with E-state index in [1.807, 2.05) is 6.26 Å². The van der Waals surface area contributed by atoms with Crippen LogP contribution in [-0.2, 0) is 14.1 Å². The molecular formula is C20H18FN7O2S. The van der Waals surface area contributed by atoms with Crippen molar-refractivity contribution in [1.29, 1.82) is 0 Å². The van der Waals surface area contributed by atoms with Crippen LogP contribution in [0.4, 0.5) is 20.7 Å². The molecule has 158 valence electrons. The predicted octanol–water partition coefficient (Wildman–Crippen LogP) is 3.23. The van der Waals surface area contributed by atoms with Crippen LogP contribution in [0.1, 0.15) is 0 Å². The Balaban J connectivity index is 1.70. The molecule has 0 atom stereocenters. The number of urea groups is 1. The molecule has 9 nitrogen and oxygen atoms in total. The molecule has 3 aromatic heterocycles. The van der Waals surface area contributed by atoms with Gasteiger partial charge in [-0.15, -0.1) is 0 Å². The number of rotatable bonds is 4. The molecule has 11 heteroatoms. The number of anilines is 2. The number of nitrogens with zero attached hydrogens (tertiary/aromatic N) is 5. The molecule has 0 spiro atoms. The van der Waals surface area contributed by atoms with Gasteiger partial charge >= 0.3 is 6.03 Å². The van der Waals surface area contributed by atoms with Crippen LogP contribution >= 0.6 is 11.8 Å². The lowest BCUT2D eigenvalue weighted by molar-refractivity contribution is 0.262. The van der Waals surface area contributed by atoms with E-state index in [-0.39, 0.29) is 11.2 Å². The molecule has 2 amide bonds. The molecule has 3 heterocycles. The molecule has 0 bridgehead atoms. The first kappa shape index (κ1) is 20.5. The number of pyridine rings is 1. The van der Waals surface area contributed by atoms with Crippen molar-refractivity contribution >= 4 is 40.3 Å². The van der Waals surface area contributed by atoms with Gasteiger partial charge in [-0.2, -0.15) is 5.10 Å². The van der Waals surface area contributed by atoms with Gasteiger partial charge in [-0.05, 0) is 30.0 Å². The molecule has 0 unspecified atom stereocenters. The Labute approximate surface area is 180 Å². The fourth-order valence-electron chi connectivity index (χ4n) is 3.09. The third-order valence-corrected chi connectivity index (χ3v) is 5.26. The minimum absolute atomic E-state index is 0.0618. The molecule has 31 heavy (non-hydrogen) atoms. The Morgan fingerprint density at radius 3 is 2.68 bits per heavy atom. The summed E-state index contributed by atoms with van der Waals surface area (Å²) in [7, 11) is 3.29. The third-order valence-electron chi connectivity index (χ3n) is 4.70. The van der Waals surface area contributed by atoms with Crippen LogP contribution in [0.2, 0.25) is 0 Å². The lowest BCUT2D eigenvalue weighted by Crippen LogP contribution is -2.22. The molecule has 0 fully saturated rings. The molecule has 0 saturated carbocycles. The quantitative estimate of drug-likeness (QED) is 0.374. The number of fused-ring (bicyclic) bond motifs is 1. The highest BCUT2D eigenvalue weighted by Crippen LogP contribution is 2.25. The summed E-state index contributed by atoms with van der Waals surface area (Å²) in [6, 6.07) is 6.73. The van der Waals surface area contributed by atoms with Crippen molar-refractivity contribution < 1.29 is 9.18 Å². The van der Waals surface area contributed by atoms with E-state index >= 15 is 0 Å². The smallest absolute Gasteiger partial charge is 0.305 e. The van der Waals surface area contributed by atoms with Crippen molar-refractivity contribution in [3.63, 3.8) is 0 Å². The number of nitrogens with one attached hydrogen (secondary N) is 2. The van der Waals surface area contributed by atoms with Crippen LogP contribution < -0.4 is 16.2 Å². The van der Waals surface area contributed by atoms with E-state index in [1.54, 1.807) is 32.4 Å². The van der Waals surface area contributed by atoms with Gasteiger partial charge in [0, 0.05) is 37.3 Å². The van der Waals surface area contributed by atoms with Crippen molar-refractivity contribution in [2.45, 2.75) is 5.16 Å². The normalized spacial score (nSPS) is 11.0. The van der Waals surface area contributed by atoms with Gasteiger partial charge in [-0.3, -0.25) is 19.4 Å². The van der Waals surface area contributed by atoms with Crippen molar-refractivity contribution in [3.8, 4) is 11.1 Å². The van der Waals surface area contributed by atoms with Gasteiger partial charge in [0.25, 0.3) is 5.56 Å². The Kier molecular flexibility index (Phi) is 5.42. The van der Waals surface area contributed by atoms with E-state index in [1.165, 1.54) is 45.4 Å².